The van der Waals surface area contributed by atoms with E-state index in [9.17, 15) is 48.9 Å². The first kappa shape index (κ1) is 54.9. The van der Waals surface area contributed by atoms with E-state index in [-0.39, 0.29) is 22.7 Å². The van der Waals surface area contributed by atoms with E-state index in [4.69, 9.17) is 26.3 Å². The SMILES string of the molecule is CC.N#Cc1c[nH]c2cc(N)ccc12.N#Cc1c[nH]c2cc([N+](=O)[O-])ccc12.N#Cc1c[nH]c2cc([N+](=O)[O-])ccc12.O=C=NS(=O)(=O)Cl.O=[N+]([O-])c1ccc2cc[nH]c2c1.O=[N+]([O-])c1ccc2cc[nH]c2c1. The fourth-order valence-electron chi connectivity index (χ4n) is 6.22. The topological polar surface area (TPSA) is 412 Å². The maximum atomic E-state index is 10.4. The van der Waals surface area contributed by atoms with Crippen LogP contribution < -0.4 is 5.73 Å². The number of H-pyrrole nitrogens is 5. The number of nitrogen functional groups attached to an aromatic ring is 1. The number of hydrogen-bond acceptors (Lipinski definition) is 15. The molecule has 5 aromatic carbocycles. The third-order valence-electron chi connectivity index (χ3n) is 9.46. The number of aromatic amines is 5. The molecule has 7 N–H and O–H groups in total. The van der Waals surface area contributed by atoms with Gasteiger partial charge in [-0.2, -0.15) is 24.2 Å². The Morgan fingerprint density at radius 2 is 0.822 bits per heavy atom. The number of hydrogen-bond donors (Lipinski definition) is 6. The first-order chi connectivity index (χ1) is 34.9. The van der Waals surface area contributed by atoms with Gasteiger partial charge in [0, 0.05) is 118 Å². The summed E-state index contributed by atoms with van der Waals surface area (Å²) in [5.41, 5.74) is 11.9. The lowest BCUT2D eigenvalue weighted by atomic mass is 10.2. The van der Waals surface area contributed by atoms with Gasteiger partial charge in [-0.25, -0.2) is 4.79 Å². The molecule has 0 fully saturated rings. The molecule has 0 aliphatic carbocycles. The van der Waals surface area contributed by atoms with E-state index in [1.54, 1.807) is 48.9 Å². The highest BCUT2D eigenvalue weighted by atomic mass is 35.7. The van der Waals surface area contributed by atoms with Gasteiger partial charge in [-0.1, -0.05) is 18.2 Å². The zero-order valence-electron chi connectivity index (χ0n) is 37.6. The number of halogens is 1. The van der Waals surface area contributed by atoms with Crippen molar-refractivity contribution in [1.29, 1.82) is 15.8 Å². The first-order valence-corrected chi connectivity index (χ1v) is 22.7. The summed E-state index contributed by atoms with van der Waals surface area (Å²) in [6.07, 6.45) is 9.04. The molecule has 5 heterocycles. The Morgan fingerprint density at radius 3 is 1.12 bits per heavy atom. The fourth-order valence-corrected chi connectivity index (χ4v) is 6.39. The molecule has 0 bridgehead atoms. The van der Waals surface area contributed by atoms with Crippen LogP contribution in [0, 0.1) is 74.5 Å². The van der Waals surface area contributed by atoms with Gasteiger partial charge in [0.15, 0.2) is 0 Å². The molecule has 0 unspecified atom stereocenters. The van der Waals surface area contributed by atoms with E-state index >= 15 is 0 Å². The number of anilines is 1. The highest BCUT2D eigenvalue weighted by Crippen LogP contribution is 2.25. The molecule has 0 atom stereocenters. The number of benzene rings is 5. The molecule has 0 spiro atoms. The van der Waals surface area contributed by atoms with E-state index in [2.05, 4.69) is 46.1 Å². The summed E-state index contributed by atoms with van der Waals surface area (Å²) in [4.78, 5) is 63.4. The number of rotatable bonds is 5. The van der Waals surface area contributed by atoms with Crippen LogP contribution in [0.3, 0.4) is 0 Å². The average Bonchev–Trinajstić information content (AvgIpc) is 4.24. The molecule has 5 aromatic heterocycles. The van der Waals surface area contributed by atoms with Crippen molar-refractivity contribution in [2.24, 2.45) is 4.40 Å². The van der Waals surface area contributed by atoms with Crippen LogP contribution in [0.2, 0.25) is 0 Å². The number of nitrogens with zero attached hydrogens (tertiary/aromatic N) is 8. The van der Waals surface area contributed by atoms with Crippen LogP contribution in [0.1, 0.15) is 30.5 Å². The van der Waals surface area contributed by atoms with Crippen molar-refractivity contribution in [3.63, 3.8) is 0 Å². The number of nitrogens with one attached hydrogen (secondary N) is 5. The van der Waals surface area contributed by atoms with E-state index < -0.39 is 28.9 Å². The Balaban J connectivity index is 0.000000190. The molecule has 0 aliphatic rings. The minimum atomic E-state index is -4.00. The van der Waals surface area contributed by atoms with E-state index in [0.717, 1.165) is 38.8 Å². The minimum Gasteiger partial charge on any atom is -0.399 e. The molecule has 0 saturated carbocycles. The second kappa shape index (κ2) is 25.6. The van der Waals surface area contributed by atoms with Crippen LogP contribution in [-0.2, 0) is 14.0 Å². The summed E-state index contributed by atoms with van der Waals surface area (Å²) in [6.45, 7) is 4.00. The van der Waals surface area contributed by atoms with Crippen molar-refractivity contribution in [3.05, 3.63) is 191 Å². The van der Waals surface area contributed by atoms with Crippen molar-refractivity contribution < 1.29 is 32.9 Å². The molecule has 0 saturated heterocycles. The number of non-ortho nitro benzene ring substituents is 4. The predicted molar refractivity (Wildman–Crippen MR) is 271 cm³/mol. The van der Waals surface area contributed by atoms with Gasteiger partial charge < -0.3 is 30.7 Å². The lowest BCUT2D eigenvalue weighted by molar-refractivity contribution is -0.384. The molecule has 25 nitrogen and oxygen atoms in total. The van der Waals surface area contributed by atoms with Crippen molar-refractivity contribution in [2.45, 2.75) is 13.8 Å². The summed E-state index contributed by atoms with van der Waals surface area (Å²) in [5, 5.41) is 72.0. The molecule has 0 amide bonds. The highest BCUT2D eigenvalue weighted by Gasteiger charge is 2.11. The van der Waals surface area contributed by atoms with Gasteiger partial charge in [-0.15, -0.1) is 0 Å². The molecular formula is C46H35ClN14O11S. The lowest BCUT2D eigenvalue weighted by Gasteiger charge is -1.92. The Kier molecular flexibility index (Phi) is 19.2. The summed E-state index contributed by atoms with van der Waals surface area (Å²) < 4.78 is 21.3. The lowest BCUT2D eigenvalue weighted by Crippen LogP contribution is -1.86. The number of nitrogens with two attached hydrogens (primary N) is 1. The third-order valence-corrected chi connectivity index (χ3v) is 9.96. The Bertz CT molecular complexity index is 3740. The molecule has 10 aromatic rings. The first-order valence-electron chi connectivity index (χ1n) is 20.4. The van der Waals surface area contributed by atoms with Crippen LogP contribution in [-0.4, -0.2) is 59.1 Å². The largest absolute Gasteiger partial charge is 0.399 e. The zero-order chi connectivity index (χ0) is 53.8. The second-order valence-corrected chi connectivity index (χ2v) is 16.0. The molecule has 10 rings (SSSR count). The summed E-state index contributed by atoms with van der Waals surface area (Å²) in [7, 11) is 0.376. The molecular weight excluding hydrogens is 992 g/mol. The maximum absolute atomic E-state index is 10.4. The second-order valence-electron chi connectivity index (χ2n) is 13.8. The summed E-state index contributed by atoms with van der Waals surface area (Å²) in [5.74, 6) is 0. The predicted octanol–water partition coefficient (Wildman–Crippen LogP) is 10.5. The van der Waals surface area contributed by atoms with Crippen LogP contribution in [0.25, 0.3) is 54.5 Å². The number of isocyanates is 1. The molecule has 0 radical (unpaired) electrons. The average molecular weight is 1030 g/mol. The van der Waals surface area contributed by atoms with E-state index in [1.807, 2.05) is 50.3 Å². The van der Waals surface area contributed by atoms with Gasteiger partial charge in [0.05, 0.1) is 58.5 Å². The van der Waals surface area contributed by atoms with Crippen LogP contribution in [0.15, 0.2) is 139 Å². The summed E-state index contributed by atoms with van der Waals surface area (Å²) in [6, 6.07) is 33.5. The van der Waals surface area contributed by atoms with Gasteiger partial charge >= 0.3 is 9.24 Å². The standard InChI is InChI=1S/2C9H5N3O2.C9H7N3.2C8H6N2O2.C2H6.CClNO3S/c2*10-4-6-5-11-9-3-7(12(13)14)1-2-8(6)9;10-4-6-5-12-9-3-7(11)1-2-8(6)9;2*11-10(12)7-2-1-6-3-4-9-8(6)5-7;1-2;2-7(5,6)3-1-4/h2*1-3,5,11H;1-3,5,12H,11H2;2*1-5,9H;1-2H3;. The number of carbonyl (C=O) groups excluding carboxylic acids is 1. The number of nitro groups is 4. The minimum absolute atomic E-state index is 0.0174. The van der Waals surface area contributed by atoms with Crippen molar-refractivity contribution in [3.8, 4) is 18.2 Å². The van der Waals surface area contributed by atoms with Crippen molar-refractivity contribution in [2.75, 3.05) is 5.73 Å². The third kappa shape index (κ3) is 15.1. The Hall–Kier alpha value is -10.7. The molecule has 0 aliphatic heterocycles. The molecule has 27 heteroatoms. The van der Waals surface area contributed by atoms with Crippen molar-refractivity contribution >= 4 is 109 Å². The Labute approximate surface area is 414 Å². The van der Waals surface area contributed by atoms with Crippen LogP contribution >= 0.6 is 10.7 Å². The number of fused-ring (bicyclic) bond motifs is 5. The number of nitriles is 3. The smallest absolute Gasteiger partial charge is 0.350 e. The number of nitro benzene ring substituents is 4. The quantitative estimate of drug-likeness (QED) is 0.0233. The monoisotopic (exact) mass is 1030 g/mol. The van der Waals surface area contributed by atoms with Crippen molar-refractivity contribution in [1.82, 2.24) is 24.9 Å². The van der Waals surface area contributed by atoms with E-state index in [0.29, 0.717) is 44.2 Å². The van der Waals surface area contributed by atoms with Crippen LogP contribution in [0.4, 0.5) is 28.4 Å². The zero-order valence-corrected chi connectivity index (χ0v) is 39.2. The van der Waals surface area contributed by atoms with Gasteiger partial charge in [0.2, 0.25) is 0 Å². The van der Waals surface area contributed by atoms with Gasteiger partial charge in [-0.05, 0) is 65.4 Å². The molecule has 73 heavy (non-hydrogen) atoms. The maximum Gasteiger partial charge on any atom is 0.350 e. The molecule has 368 valence electrons. The fraction of sp³-hybridized carbons (Fsp3) is 0.0435. The number of aromatic nitrogens is 5. The van der Waals surface area contributed by atoms with E-state index in [1.165, 1.54) is 60.9 Å². The highest BCUT2D eigenvalue weighted by molar-refractivity contribution is 8.12. The van der Waals surface area contributed by atoms with Gasteiger partial charge in [0.1, 0.15) is 18.2 Å². The van der Waals surface area contributed by atoms with Crippen LogP contribution in [0.5, 0.6) is 0 Å². The van der Waals surface area contributed by atoms with Gasteiger partial charge in [-0.3, -0.25) is 40.5 Å². The normalized spacial score (nSPS) is 9.86. The van der Waals surface area contributed by atoms with Gasteiger partial charge in [0.25, 0.3) is 28.8 Å². The summed E-state index contributed by atoms with van der Waals surface area (Å²) >= 11 is 0. The Morgan fingerprint density at radius 1 is 0.507 bits per heavy atom.